The van der Waals surface area contributed by atoms with E-state index in [1.54, 1.807) is 18.2 Å². The number of hydrogen-bond acceptors (Lipinski definition) is 2. The predicted octanol–water partition coefficient (Wildman–Crippen LogP) is 2.39. The first-order chi connectivity index (χ1) is 8.36. The van der Waals surface area contributed by atoms with Gasteiger partial charge in [-0.2, -0.15) is 0 Å². The zero-order valence-corrected chi connectivity index (χ0v) is 9.64. The standard InChI is InChI=1S/C13H14F2O3/c14-12(15)7-6-10(8-12)13(18,11(16)17)9-4-2-1-3-5-9/h1-5,10,18H,6-8H2,(H,16,17)/t10?,13-/m0/s1. The summed E-state index contributed by atoms with van der Waals surface area (Å²) < 4.78 is 26.4. The Morgan fingerprint density at radius 3 is 2.39 bits per heavy atom. The molecule has 0 bridgehead atoms. The molecule has 1 fully saturated rings. The largest absolute Gasteiger partial charge is 0.479 e. The van der Waals surface area contributed by atoms with Crippen LogP contribution in [0.1, 0.15) is 24.8 Å². The quantitative estimate of drug-likeness (QED) is 0.873. The molecule has 2 rings (SSSR count). The Bertz CT molecular complexity index is 447. The Hall–Kier alpha value is -1.49. The summed E-state index contributed by atoms with van der Waals surface area (Å²) in [6, 6.07) is 7.73. The van der Waals surface area contributed by atoms with E-state index in [2.05, 4.69) is 0 Å². The van der Waals surface area contributed by atoms with E-state index >= 15 is 0 Å². The molecule has 0 saturated heterocycles. The highest BCUT2D eigenvalue weighted by molar-refractivity contribution is 5.79. The monoisotopic (exact) mass is 256 g/mol. The van der Waals surface area contributed by atoms with Crippen molar-refractivity contribution in [2.75, 3.05) is 0 Å². The molecule has 1 aliphatic rings. The molecule has 2 N–H and O–H groups in total. The zero-order valence-electron chi connectivity index (χ0n) is 9.64. The number of rotatable bonds is 3. The van der Waals surface area contributed by atoms with E-state index in [0.717, 1.165) is 0 Å². The Balaban J connectivity index is 2.37. The molecular formula is C13H14F2O3. The molecule has 0 spiro atoms. The van der Waals surface area contributed by atoms with Crippen molar-refractivity contribution in [3.05, 3.63) is 35.9 Å². The zero-order chi connectivity index (χ0) is 13.4. The highest BCUT2D eigenvalue weighted by Crippen LogP contribution is 2.47. The lowest BCUT2D eigenvalue weighted by molar-refractivity contribution is -0.167. The van der Waals surface area contributed by atoms with Gasteiger partial charge in [0.1, 0.15) is 0 Å². The lowest BCUT2D eigenvalue weighted by Gasteiger charge is -2.30. The van der Waals surface area contributed by atoms with Crippen LogP contribution in [-0.4, -0.2) is 22.1 Å². The minimum Gasteiger partial charge on any atom is -0.479 e. The van der Waals surface area contributed by atoms with E-state index in [1.165, 1.54) is 12.1 Å². The van der Waals surface area contributed by atoms with Gasteiger partial charge in [0.05, 0.1) is 0 Å². The average Bonchev–Trinajstić information content (AvgIpc) is 2.70. The molecule has 1 aliphatic carbocycles. The minimum atomic E-state index is -2.89. The number of aliphatic hydroxyl groups is 1. The van der Waals surface area contributed by atoms with Crippen LogP contribution in [-0.2, 0) is 10.4 Å². The van der Waals surface area contributed by atoms with E-state index in [0.29, 0.717) is 0 Å². The summed E-state index contributed by atoms with van der Waals surface area (Å²) in [5.41, 5.74) is -2.08. The maximum Gasteiger partial charge on any atom is 0.340 e. The van der Waals surface area contributed by atoms with Crippen LogP contribution >= 0.6 is 0 Å². The molecule has 3 nitrogen and oxygen atoms in total. The summed E-state index contributed by atoms with van der Waals surface area (Å²) in [7, 11) is 0. The van der Waals surface area contributed by atoms with Gasteiger partial charge >= 0.3 is 5.97 Å². The van der Waals surface area contributed by atoms with Gasteiger partial charge in [0, 0.05) is 18.8 Å². The van der Waals surface area contributed by atoms with E-state index in [4.69, 9.17) is 0 Å². The van der Waals surface area contributed by atoms with Crippen LogP contribution in [0.5, 0.6) is 0 Å². The summed E-state index contributed by atoms with van der Waals surface area (Å²) in [4.78, 5) is 11.3. The Morgan fingerprint density at radius 1 is 1.33 bits per heavy atom. The minimum absolute atomic E-state index is 0.00466. The second-order valence-corrected chi connectivity index (χ2v) is 4.73. The molecule has 5 heteroatoms. The van der Waals surface area contributed by atoms with Crippen LogP contribution in [0.3, 0.4) is 0 Å². The summed E-state index contributed by atoms with van der Waals surface area (Å²) >= 11 is 0. The van der Waals surface area contributed by atoms with Gasteiger partial charge in [0.15, 0.2) is 5.60 Å². The molecule has 0 aliphatic heterocycles. The molecule has 1 unspecified atom stereocenters. The van der Waals surface area contributed by atoms with Gasteiger partial charge in [-0.15, -0.1) is 0 Å². The lowest BCUT2D eigenvalue weighted by Crippen LogP contribution is -2.42. The first-order valence-electron chi connectivity index (χ1n) is 5.75. The predicted molar refractivity (Wildman–Crippen MR) is 60.3 cm³/mol. The lowest BCUT2D eigenvalue weighted by atomic mass is 9.80. The molecule has 2 atom stereocenters. The van der Waals surface area contributed by atoms with Crippen molar-refractivity contribution in [1.29, 1.82) is 0 Å². The molecule has 1 aromatic rings. The number of halogens is 2. The van der Waals surface area contributed by atoms with E-state index < -0.39 is 29.8 Å². The highest BCUT2D eigenvalue weighted by atomic mass is 19.3. The van der Waals surface area contributed by atoms with Crippen LogP contribution < -0.4 is 0 Å². The fraction of sp³-hybridized carbons (Fsp3) is 0.462. The summed E-state index contributed by atoms with van der Waals surface area (Å²) in [5.74, 6) is -5.33. The SMILES string of the molecule is O=C(O)[C@](O)(c1ccccc1)C1CCC(F)(F)C1. The Kier molecular flexibility index (Phi) is 3.11. The van der Waals surface area contributed by atoms with Crippen molar-refractivity contribution in [3.63, 3.8) is 0 Å². The van der Waals surface area contributed by atoms with Crippen molar-refractivity contribution >= 4 is 5.97 Å². The molecule has 18 heavy (non-hydrogen) atoms. The van der Waals surface area contributed by atoms with Crippen molar-refractivity contribution in [1.82, 2.24) is 0 Å². The molecule has 0 radical (unpaired) electrons. The number of carbonyl (C=O) groups is 1. The second-order valence-electron chi connectivity index (χ2n) is 4.73. The number of hydrogen-bond donors (Lipinski definition) is 2. The van der Waals surface area contributed by atoms with Gasteiger partial charge in [-0.1, -0.05) is 30.3 Å². The van der Waals surface area contributed by atoms with E-state index in [1.807, 2.05) is 0 Å². The van der Waals surface area contributed by atoms with E-state index in [-0.39, 0.29) is 18.4 Å². The van der Waals surface area contributed by atoms with Gasteiger partial charge < -0.3 is 10.2 Å². The molecule has 0 aromatic heterocycles. The maximum atomic E-state index is 13.2. The maximum absolute atomic E-state index is 13.2. The molecule has 98 valence electrons. The number of aliphatic carboxylic acids is 1. The molecule has 1 aromatic carbocycles. The van der Waals surface area contributed by atoms with Crippen LogP contribution in [0.15, 0.2) is 30.3 Å². The third kappa shape index (κ3) is 2.10. The topological polar surface area (TPSA) is 57.5 Å². The van der Waals surface area contributed by atoms with E-state index in [9.17, 15) is 23.8 Å². The Morgan fingerprint density at radius 2 is 1.94 bits per heavy atom. The fourth-order valence-electron chi connectivity index (χ4n) is 2.53. The van der Waals surface area contributed by atoms with Gasteiger partial charge in [0.2, 0.25) is 5.92 Å². The fourth-order valence-corrected chi connectivity index (χ4v) is 2.53. The molecule has 0 amide bonds. The van der Waals surface area contributed by atoms with Gasteiger partial charge in [-0.25, -0.2) is 13.6 Å². The summed E-state index contributed by atoms with van der Waals surface area (Å²) in [6.07, 6.45) is -0.963. The van der Waals surface area contributed by atoms with Crippen molar-refractivity contribution < 1.29 is 23.8 Å². The number of carboxylic acid groups (broad SMARTS) is 1. The van der Waals surface area contributed by atoms with Crippen molar-refractivity contribution in [3.8, 4) is 0 Å². The first kappa shape index (κ1) is 13.0. The van der Waals surface area contributed by atoms with Crippen LogP contribution in [0.4, 0.5) is 8.78 Å². The first-order valence-corrected chi connectivity index (χ1v) is 5.75. The van der Waals surface area contributed by atoms with Crippen LogP contribution in [0.2, 0.25) is 0 Å². The average molecular weight is 256 g/mol. The molecule has 1 saturated carbocycles. The molecular weight excluding hydrogens is 242 g/mol. The van der Waals surface area contributed by atoms with Gasteiger partial charge in [-0.3, -0.25) is 0 Å². The number of carboxylic acids is 1. The van der Waals surface area contributed by atoms with Gasteiger partial charge in [0.25, 0.3) is 0 Å². The smallest absolute Gasteiger partial charge is 0.340 e. The number of alkyl halides is 2. The summed E-state index contributed by atoms with van der Waals surface area (Å²) in [6.45, 7) is 0. The van der Waals surface area contributed by atoms with Gasteiger partial charge in [-0.05, 0) is 12.0 Å². The second kappa shape index (κ2) is 4.31. The highest BCUT2D eigenvalue weighted by Gasteiger charge is 2.53. The molecule has 0 heterocycles. The van der Waals surface area contributed by atoms with Crippen LogP contribution in [0.25, 0.3) is 0 Å². The van der Waals surface area contributed by atoms with Crippen LogP contribution in [0, 0.1) is 5.92 Å². The Labute approximate surface area is 103 Å². The normalized spacial score (nSPS) is 25.6. The number of benzene rings is 1. The summed E-state index contributed by atoms with van der Waals surface area (Å²) in [5, 5.41) is 19.6. The third-order valence-electron chi connectivity index (χ3n) is 3.53. The van der Waals surface area contributed by atoms with Crippen molar-refractivity contribution in [2.45, 2.75) is 30.8 Å². The third-order valence-corrected chi connectivity index (χ3v) is 3.53. The van der Waals surface area contributed by atoms with Crippen molar-refractivity contribution in [2.24, 2.45) is 5.92 Å².